The molecule has 0 amide bonds. The SMILES string of the molecule is Cc1ccc(NCO)c(C)c1C. The maximum Gasteiger partial charge on any atom is 0.113 e. The second-order valence-electron chi connectivity index (χ2n) is 3.01. The fraction of sp³-hybridized carbons (Fsp3) is 0.400. The average Bonchev–Trinajstić information content (AvgIpc) is 2.07. The Morgan fingerprint density at radius 3 is 2.42 bits per heavy atom. The van der Waals surface area contributed by atoms with E-state index in [4.69, 9.17) is 5.11 Å². The number of hydrogen-bond donors (Lipinski definition) is 2. The second-order valence-corrected chi connectivity index (χ2v) is 3.01. The van der Waals surface area contributed by atoms with Gasteiger partial charge >= 0.3 is 0 Å². The number of anilines is 1. The van der Waals surface area contributed by atoms with Crippen molar-refractivity contribution < 1.29 is 5.11 Å². The van der Waals surface area contributed by atoms with Gasteiger partial charge in [-0.05, 0) is 43.5 Å². The van der Waals surface area contributed by atoms with E-state index in [0.29, 0.717) is 0 Å². The Labute approximate surface area is 73.2 Å². The molecule has 0 fully saturated rings. The topological polar surface area (TPSA) is 32.3 Å². The quantitative estimate of drug-likeness (QED) is 0.657. The molecule has 0 saturated carbocycles. The average molecular weight is 165 g/mol. The number of aliphatic hydroxyl groups is 1. The van der Waals surface area contributed by atoms with E-state index in [1.165, 1.54) is 16.7 Å². The van der Waals surface area contributed by atoms with Gasteiger partial charge in [0.05, 0.1) is 0 Å². The Balaban J connectivity index is 3.08. The van der Waals surface area contributed by atoms with Gasteiger partial charge in [0.15, 0.2) is 0 Å². The zero-order chi connectivity index (χ0) is 9.14. The van der Waals surface area contributed by atoms with Crippen molar-refractivity contribution in [2.24, 2.45) is 0 Å². The van der Waals surface area contributed by atoms with Crippen LogP contribution in [0.3, 0.4) is 0 Å². The predicted octanol–water partition coefficient (Wildman–Crippen LogP) is 1.97. The summed E-state index contributed by atoms with van der Waals surface area (Å²) in [5, 5.41) is 11.6. The molecule has 2 heteroatoms. The highest BCUT2D eigenvalue weighted by molar-refractivity contribution is 5.55. The fourth-order valence-corrected chi connectivity index (χ4v) is 1.23. The lowest BCUT2D eigenvalue weighted by Gasteiger charge is -2.11. The van der Waals surface area contributed by atoms with Gasteiger partial charge in [-0.25, -0.2) is 0 Å². The smallest absolute Gasteiger partial charge is 0.113 e. The van der Waals surface area contributed by atoms with Crippen LogP contribution in [0.5, 0.6) is 0 Å². The minimum absolute atomic E-state index is 0.0106. The third kappa shape index (κ3) is 1.59. The first-order valence-corrected chi connectivity index (χ1v) is 4.08. The van der Waals surface area contributed by atoms with E-state index >= 15 is 0 Å². The van der Waals surface area contributed by atoms with Crippen molar-refractivity contribution in [1.29, 1.82) is 0 Å². The van der Waals surface area contributed by atoms with Crippen LogP contribution in [0.4, 0.5) is 5.69 Å². The van der Waals surface area contributed by atoms with E-state index < -0.39 is 0 Å². The molecule has 66 valence electrons. The lowest BCUT2D eigenvalue weighted by molar-refractivity contribution is 0.325. The lowest BCUT2D eigenvalue weighted by Crippen LogP contribution is -2.02. The van der Waals surface area contributed by atoms with E-state index in [0.717, 1.165) is 5.69 Å². The standard InChI is InChI=1S/C10H15NO/c1-7-4-5-10(11-6-12)9(3)8(7)2/h4-5,11-12H,6H2,1-3H3. The monoisotopic (exact) mass is 165 g/mol. The first-order valence-electron chi connectivity index (χ1n) is 4.08. The van der Waals surface area contributed by atoms with Gasteiger partial charge < -0.3 is 10.4 Å². The van der Waals surface area contributed by atoms with E-state index in [1.807, 2.05) is 6.07 Å². The van der Waals surface area contributed by atoms with Gasteiger partial charge in [0, 0.05) is 5.69 Å². The van der Waals surface area contributed by atoms with Crippen LogP contribution in [0.1, 0.15) is 16.7 Å². The molecule has 0 bridgehead atoms. The highest BCUT2D eigenvalue weighted by Crippen LogP contribution is 2.20. The van der Waals surface area contributed by atoms with Gasteiger partial charge in [-0.2, -0.15) is 0 Å². The van der Waals surface area contributed by atoms with Crippen molar-refractivity contribution in [2.75, 3.05) is 12.0 Å². The molecule has 12 heavy (non-hydrogen) atoms. The summed E-state index contributed by atoms with van der Waals surface area (Å²) in [6.07, 6.45) is 0. The molecule has 0 aliphatic carbocycles. The lowest BCUT2D eigenvalue weighted by atomic mass is 10.0. The van der Waals surface area contributed by atoms with Gasteiger partial charge in [-0.1, -0.05) is 6.07 Å². The van der Waals surface area contributed by atoms with Gasteiger partial charge in [-0.15, -0.1) is 0 Å². The fourth-order valence-electron chi connectivity index (χ4n) is 1.23. The Morgan fingerprint density at radius 1 is 1.17 bits per heavy atom. The van der Waals surface area contributed by atoms with Crippen molar-refractivity contribution in [1.82, 2.24) is 0 Å². The maximum atomic E-state index is 8.69. The summed E-state index contributed by atoms with van der Waals surface area (Å²) in [6, 6.07) is 4.05. The van der Waals surface area contributed by atoms with Crippen molar-refractivity contribution in [3.63, 3.8) is 0 Å². The summed E-state index contributed by atoms with van der Waals surface area (Å²) in [5.74, 6) is 0. The second kappa shape index (κ2) is 3.59. The minimum atomic E-state index is -0.0106. The third-order valence-corrected chi connectivity index (χ3v) is 2.33. The highest BCUT2D eigenvalue weighted by atomic mass is 16.3. The number of aryl methyl sites for hydroxylation is 1. The molecule has 2 nitrogen and oxygen atoms in total. The number of aliphatic hydroxyl groups excluding tert-OH is 1. The Morgan fingerprint density at radius 2 is 1.83 bits per heavy atom. The van der Waals surface area contributed by atoms with E-state index in [1.54, 1.807) is 0 Å². The van der Waals surface area contributed by atoms with Crippen LogP contribution in [0, 0.1) is 20.8 Å². The molecule has 1 aromatic rings. The highest BCUT2D eigenvalue weighted by Gasteiger charge is 2.01. The first-order chi connectivity index (χ1) is 5.66. The van der Waals surface area contributed by atoms with Gasteiger partial charge in [-0.3, -0.25) is 0 Å². The van der Waals surface area contributed by atoms with E-state index in [-0.39, 0.29) is 6.73 Å². The summed E-state index contributed by atoms with van der Waals surface area (Å²) in [7, 11) is 0. The zero-order valence-electron chi connectivity index (χ0n) is 7.81. The maximum absolute atomic E-state index is 8.69. The molecule has 0 unspecified atom stereocenters. The summed E-state index contributed by atoms with van der Waals surface area (Å²) in [4.78, 5) is 0. The van der Waals surface area contributed by atoms with Gasteiger partial charge in [0.25, 0.3) is 0 Å². The molecule has 0 aliphatic heterocycles. The van der Waals surface area contributed by atoms with Crippen molar-refractivity contribution in [2.45, 2.75) is 20.8 Å². The van der Waals surface area contributed by atoms with Crippen LogP contribution < -0.4 is 5.32 Å². The molecular formula is C10H15NO. The Kier molecular flexibility index (Phi) is 2.71. The summed E-state index contributed by atoms with van der Waals surface area (Å²) in [6.45, 7) is 6.22. The summed E-state index contributed by atoms with van der Waals surface area (Å²) < 4.78 is 0. The summed E-state index contributed by atoms with van der Waals surface area (Å²) in [5.41, 5.74) is 4.80. The zero-order valence-corrected chi connectivity index (χ0v) is 7.81. The van der Waals surface area contributed by atoms with Crippen LogP contribution in [-0.2, 0) is 0 Å². The number of hydrogen-bond acceptors (Lipinski definition) is 2. The predicted molar refractivity (Wildman–Crippen MR) is 51.4 cm³/mol. The molecule has 1 aromatic carbocycles. The molecule has 0 saturated heterocycles. The molecule has 0 spiro atoms. The van der Waals surface area contributed by atoms with Crippen LogP contribution in [-0.4, -0.2) is 11.8 Å². The number of nitrogens with one attached hydrogen (secondary N) is 1. The number of rotatable bonds is 2. The van der Waals surface area contributed by atoms with Crippen molar-refractivity contribution in [3.8, 4) is 0 Å². The Bertz CT molecular complexity index is 281. The van der Waals surface area contributed by atoms with Crippen molar-refractivity contribution in [3.05, 3.63) is 28.8 Å². The Hall–Kier alpha value is -1.02. The summed E-state index contributed by atoms with van der Waals surface area (Å²) >= 11 is 0. The first kappa shape index (κ1) is 9.07. The molecule has 0 atom stereocenters. The van der Waals surface area contributed by atoms with Crippen molar-refractivity contribution >= 4 is 5.69 Å². The number of benzene rings is 1. The minimum Gasteiger partial charge on any atom is -0.377 e. The van der Waals surface area contributed by atoms with E-state index in [2.05, 4.69) is 32.2 Å². The van der Waals surface area contributed by atoms with Gasteiger partial charge in [0.1, 0.15) is 6.73 Å². The largest absolute Gasteiger partial charge is 0.377 e. The van der Waals surface area contributed by atoms with Crippen LogP contribution in [0.25, 0.3) is 0 Å². The molecule has 0 aliphatic rings. The van der Waals surface area contributed by atoms with Crippen LogP contribution >= 0.6 is 0 Å². The normalized spacial score (nSPS) is 10.0. The molecule has 0 radical (unpaired) electrons. The van der Waals surface area contributed by atoms with Gasteiger partial charge in [0.2, 0.25) is 0 Å². The van der Waals surface area contributed by atoms with Crippen LogP contribution in [0.2, 0.25) is 0 Å². The molecule has 1 rings (SSSR count). The molecule has 0 aromatic heterocycles. The van der Waals surface area contributed by atoms with Crippen LogP contribution in [0.15, 0.2) is 12.1 Å². The molecular weight excluding hydrogens is 150 g/mol. The van der Waals surface area contributed by atoms with E-state index in [9.17, 15) is 0 Å². The third-order valence-electron chi connectivity index (χ3n) is 2.33. The molecule has 0 heterocycles. The molecule has 2 N–H and O–H groups in total.